The summed E-state index contributed by atoms with van der Waals surface area (Å²) in [6.45, 7) is 9.11. The molecule has 1 saturated carbocycles. The number of benzene rings is 1. The second kappa shape index (κ2) is 8.78. The predicted molar refractivity (Wildman–Crippen MR) is 127 cm³/mol. The summed E-state index contributed by atoms with van der Waals surface area (Å²) in [7, 11) is 0. The zero-order valence-corrected chi connectivity index (χ0v) is 20.0. The molecule has 7 heteroatoms. The third kappa shape index (κ3) is 4.47. The first-order valence-electron chi connectivity index (χ1n) is 11.6. The topological polar surface area (TPSA) is 94.6 Å². The summed E-state index contributed by atoms with van der Waals surface area (Å²) < 4.78 is 13.6. The molecule has 1 unspecified atom stereocenters. The number of rotatable bonds is 5. The fraction of sp³-hybridized carbons (Fsp3) is 0.500. The van der Waals surface area contributed by atoms with Crippen LogP contribution < -0.4 is 5.43 Å². The number of carboxylic acid groups (broad SMARTS) is 1. The number of fused-ring (bicyclic) bond motifs is 1. The van der Waals surface area contributed by atoms with E-state index < -0.39 is 17.7 Å². The predicted octanol–water partition coefficient (Wildman–Crippen LogP) is 5.72. The highest BCUT2D eigenvalue weighted by atomic mass is 16.5. The zero-order chi connectivity index (χ0) is 23.9. The Morgan fingerprint density at radius 2 is 1.91 bits per heavy atom. The molecule has 4 rings (SSSR count). The minimum absolute atomic E-state index is 0.117. The zero-order valence-electron chi connectivity index (χ0n) is 20.0. The van der Waals surface area contributed by atoms with Crippen LogP contribution in [-0.4, -0.2) is 26.2 Å². The highest BCUT2D eigenvalue weighted by Crippen LogP contribution is 2.37. The molecular weight excluding hydrogens is 420 g/mol. The third-order valence-corrected chi connectivity index (χ3v) is 6.44. The lowest BCUT2D eigenvalue weighted by atomic mass is 9.91. The first-order valence-corrected chi connectivity index (χ1v) is 11.6. The van der Waals surface area contributed by atoms with E-state index in [1.807, 2.05) is 45.9 Å². The van der Waals surface area contributed by atoms with Crippen LogP contribution in [0.3, 0.4) is 0 Å². The molecule has 1 aliphatic carbocycles. The maximum atomic E-state index is 13.7. The van der Waals surface area contributed by atoms with Gasteiger partial charge in [-0.15, -0.1) is 0 Å². The van der Waals surface area contributed by atoms with E-state index in [0.717, 1.165) is 42.5 Å². The van der Waals surface area contributed by atoms with Crippen LogP contribution >= 0.6 is 0 Å². The Morgan fingerprint density at radius 3 is 2.55 bits per heavy atom. The third-order valence-electron chi connectivity index (χ3n) is 6.44. The molecule has 1 fully saturated rings. The molecule has 33 heavy (non-hydrogen) atoms. The van der Waals surface area contributed by atoms with E-state index >= 15 is 0 Å². The SMILES string of the molecule is Cc1c(C(OC(C)(C)C)C(=O)O)n(C2CCCCC2)c(C)c(-c2ccc3ncoc3c2)c1=O. The Labute approximate surface area is 193 Å². The van der Waals surface area contributed by atoms with E-state index in [1.54, 1.807) is 6.92 Å². The van der Waals surface area contributed by atoms with Gasteiger partial charge < -0.3 is 18.8 Å². The van der Waals surface area contributed by atoms with Gasteiger partial charge in [0.1, 0.15) is 5.52 Å². The van der Waals surface area contributed by atoms with Crippen LogP contribution in [0.1, 0.15) is 82.0 Å². The van der Waals surface area contributed by atoms with Gasteiger partial charge in [0.25, 0.3) is 0 Å². The Morgan fingerprint density at radius 1 is 1.21 bits per heavy atom. The van der Waals surface area contributed by atoms with Crippen molar-refractivity contribution < 1.29 is 19.1 Å². The molecule has 1 N–H and O–H groups in total. The summed E-state index contributed by atoms with van der Waals surface area (Å²) in [5, 5.41) is 10.1. The van der Waals surface area contributed by atoms with Gasteiger partial charge in [-0.2, -0.15) is 0 Å². The fourth-order valence-corrected chi connectivity index (χ4v) is 5.01. The maximum Gasteiger partial charge on any atom is 0.339 e. The number of hydrogen-bond donors (Lipinski definition) is 1. The van der Waals surface area contributed by atoms with E-state index in [1.165, 1.54) is 12.8 Å². The molecule has 0 radical (unpaired) electrons. The van der Waals surface area contributed by atoms with Gasteiger partial charge in [-0.05, 0) is 65.2 Å². The van der Waals surface area contributed by atoms with Crippen molar-refractivity contribution >= 4 is 17.1 Å². The summed E-state index contributed by atoms with van der Waals surface area (Å²) in [4.78, 5) is 30.3. The van der Waals surface area contributed by atoms with Crippen molar-refractivity contribution in [3.8, 4) is 11.1 Å². The van der Waals surface area contributed by atoms with Crippen molar-refractivity contribution in [1.29, 1.82) is 0 Å². The van der Waals surface area contributed by atoms with E-state index in [2.05, 4.69) is 9.55 Å². The molecule has 2 aromatic heterocycles. The highest BCUT2D eigenvalue weighted by Gasteiger charge is 2.35. The number of ether oxygens (including phenoxy) is 1. The summed E-state index contributed by atoms with van der Waals surface area (Å²) >= 11 is 0. The molecule has 7 nitrogen and oxygen atoms in total. The van der Waals surface area contributed by atoms with E-state index in [0.29, 0.717) is 22.4 Å². The van der Waals surface area contributed by atoms with E-state index in [9.17, 15) is 14.7 Å². The Bertz CT molecular complexity index is 1240. The van der Waals surface area contributed by atoms with Crippen molar-refractivity contribution in [1.82, 2.24) is 9.55 Å². The summed E-state index contributed by atoms with van der Waals surface area (Å²) in [5.41, 5.74) is 3.40. The quantitative estimate of drug-likeness (QED) is 0.532. The minimum atomic E-state index is -1.23. The fourth-order valence-electron chi connectivity index (χ4n) is 5.01. The van der Waals surface area contributed by atoms with Crippen molar-refractivity contribution in [3.63, 3.8) is 0 Å². The molecule has 0 saturated heterocycles. The van der Waals surface area contributed by atoms with Gasteiger partial charge >= 0.3 is 5.97 Å². The number of pyridine rings is 1. The van der Waals surface area contributed by atoms with E-state index in [-0.39, 0.29) is 11.5 Å². The first-order chi connectivity index (χ1) is 15.6. The number of hydrogen-bond acceptors (Lipinski definition) is 5. The standard InChI is InChI=1S/C26H32N2O5/c1-15-22(24(25(30)31)33-26(3,4)5)28(18-9-7-6-8-10-18)16(2)21(23(15)29)17-11-12-19-20(13-17)32-14-27-19/h11-14,18,24H,6-10H2,1-5H3,(H,30,31). The molecule has 0 bridgehead atoms. The number of aromatic nitrogens is 2. The van der Waals surface area contributed by atoms with Gasteiger partial charge in [-0.3, -0.25) is 4.79 Å². The molecule has 3 aromatic rings. The number of carbonyl (C=O) groups is 1. The van der Waals surface area contributed by atoms with Gasteiger partial charge in [0, 0.05) is 22.9 Å². The average Bonchev–Trinajstić information content (AvgIpc) is 3.22. The number of oxazole rings is 1. The second-order valence-electron chi connectivity index (χ2n) is 9.94. The number of nitrogens with zero attached hydrogens (tertiary/aromatic N) is 2. The molecular formula is C26H32N2O5. The monoisotopic (exact) mass is 452 g/mol. The van der Waals surface area contributed by atoms with Crippen LogP contribution in [0.4, 0.5) is 0 Å². The Balaban J connectivity index is 2.00. The molecule has 1 aliphatic rings. The van der Waals surface area contributed by atoms with Crippen molar-refractivity contribution in [2.45, 2.75) is 84.5 Å². The Kier molecular flexibility index (Phi) is 6.18. The minimum Gasteiger partial charge on any atom is -0.479 e. The van der Waals surface area contributed by atoms with Crippen molar-refractivity contribution in [2.24, 2.45) is 0 Å². The van der Waals surface area contributed by atoms with Crippen LogP contribution in [0.15, 0.2) is 33.8 Å². The first kappa shape index (κ1) is 23.2. The van der Waals surface area contributed by atoms with Crippen molar-refractivity contribution in [3.05, 3.63) is 51.8 Å². The van der Waals surface area contributed by atoms with Crippen LogP contribution in [0.5, 0.6) is 0 Å². The van der Waals surface area contributed by atoms with Crippen LogP contribution in [-0.2, 0) is 9.53 Å². The number of aliphatic carboxylic acids is 1. The van der Waals surface area contributed by atoms with Gasteiger partial charge in [0.2, 0.25) is 0 Å². The van der Waals surface area contributed by atoms with Gasteiger partial charge in [-0.1, -0.05) is 25.3 Å². The summed E-state index contributed by atoms with van der Waals surface area (Å²) in [5.74, 6) is -1.09. The van der Waals surface area contributed by atoms with Gasteiger partial charge in [0.15, 0.2) is 23.5 Å². The maximum absolute atomic E-state index is 13.7. The Hall–Kier alpha value is -2.93. The van der Waals surface area contributed by atoms with Crippen LogP contribution in [0.2, 0.25) is 0 Å². The highest BCUT2D eigenvalue weighted by molar-refractivity contribution is 5.81. The summed E-state index contributed by atoms with van der Waals surface area (Å²) in [6, 6.07) is 5.66. The lowest BCUT2D eigenvalue weighted by Crippen LogP contribution is -2.34. The summed E-state index contributed by atoms with van der Waals surface area (Å²) in [6.07, 6.45) is 5.36. The van der Waals surface area contributed by atoms with Crippen LogP contribution in [0.25, 0.3) is 22.2 Å². The average molecular weight is 453 g/mol. The normalized spacial score (nSPS) is 16.3. The lowest BCUT2D eigenvalue weighted by Gasteiger charge is -2.35. The number of carboxylic acids is 1. The second-order valence-corrected chi connectivity index (χ2v) is 9.94. The van der Waals surface area contributed by atoms with Gasteiger partial charge in [0.05, 0.1) is 11.3 Å². The molecule has 1 aromatic carbocycles. The molecule has 1 atom stereocenters. The largest absolute Gasteiger partial charge is 0.479 e. The molecule has 0 spiro atoms. The van der Waals surface area contributed by atoms with Crippen LogP contribution in [0, 0.1) is 13.8 Å². The van der Waals surface area contributed by atoms with Crippen molar-refractivity contribution in [2.75, 3.05) is 0 Å². The molecule has 2 heterocycles. The molecule has 0 amide bonds. The molecule has 176 valence electrons. The molecule has 0 aliphatic heterocycles. The lowest BCUT2D eigenvalue weighted by molar-refractivity contribution is -0.161. The van der Waals surface area contributed by atoms with Gasteiger partial charge in [-0.25, -0.2) is 9.78 Å². The van der Waals surface area contributed by atoms with E-state index in [4.69, 9.17) is 9.15 Å². The smallest absolute Gasteiger partial charge is 0.339 e.